The van der Waals surface area contributed by atoms with E-state index in [1.54, 1.807) is 12.1 Å². The van der Waals surface area contributed by atoms with Crippen LogP contribution in [0.25, 0.3) is 10.8 Å². The van der Waals surface area contributed by atoms with Crippen molar-refractivity contribution in [2.75, 3.05) is 0 Å². The molecule has 4 aromatic rings. The first kappa shape index (κ1) is 17.5. The van der Waals surface area contributed by atoms with Crippen LogP contribution in [-0.2, 0) is 0 Å². The Hall–Kier alpha value is -3.94. The van der Waals surface area contributed by atoms with Gasteiger partial charge < -0.3 is 5.11 Å². The predicted octanol–water partition coefficient (Wildman–Crippen LogP) is 5.65. The average Bonchev–Trinajstić information content (AvgIpc) is 2.73. The van der Waals surface area contributed by atoms with Crippen molar-refractivity contribution in [1.29, 1.82) is 0 Å². The van der Waals surface area contributed by atoms with Crippen LogP contribution in [0.4, 0.5) is 0 Å². The summed E-state index contributed by atoms with van der Waals surface area (Å²) in [6.07, 6.45) is 0. The monoisotopic (exact) mass is 358 g/mol. The van der Waals surface area contributed by atoms with E-state index in [9.17, 15) is 5.11 Å². The summed E-state index contributed by atoms with van der Waals surface area (Å²) in [6, 6.07) is 27.4. The second kappa shape index (κ2) is 7.75. The minimum atomic E-state index is 0.243. The van der Waals surface area contributed by atoms with Gasteiger partial charge in [-0.3, -0.25) is 0 Å². The molecule has 0 atom stereocenters. The molecule has 132 valence electrons. The van der Waals surface area contributed by atoms with Crippen LogP contribution < -0.4 is 0 Å². The highest BCUT2D eigenvalue weighted by Gasteiger charge is 2.04. The SMILES string of the molecule is Cc1ccc2c(C#Cc3ccc(O)cc3)ccc(C#Cc3ccccc3)c2c1. The second-order valence-corrected chi connectivity index (χ2v) is 6.62. The van der Waals surface area contributed by atoms with Gasteiger partial charge in [-0.25, -0.2) is 0 Å². The maximum atomic E-state index is 9.41. The lowest BCUT2D eigenvalue weighted by molar-refractivity contribution is 0.475. The van der Waals surface area contributed by atoms with Gasteiger partial charge in [-0.05, 0) is 66.2 Å². The van der Waals surface area contributed by atoms with Crippen molar-refractivity contribution in [3.63, 3.8) is 0 Å². The molecule has 0 aliphatic rings. The third kappa shape index (κ3) is 3.90. The lowest BCUT2D eigenvalue weighted by Gasteiger charge is -2.05. The molecule has 0 saturated carbocycles. The number of benzene rings is 4. The second-order valence-electron chi connectivity index (χ2n) is 6.62. The number of aryl methyl sites for hydroxylation is 1. The maximum absolute atomic E-state index is 9.41. The molecule has 1 heteroatoms. The number of aromatic hydroxyl groups is 1. The fourth-order valence-electron chi connectivity index (χ4n) is 3.03. The van der Waals surface area contributed by atoms with Crippen LogP contribution in [0, 0.1) is 30.6 Å². The number of hydrogen-bond donors (Lipinski definition) is 1. The van der Waals surface area contributed by atoms with E-state index < -0.39 is 0 Å². The van der Waals surface area contributed by atoms with E-state index in [1.807, 2.05) is 54.6 Å². The van der Waals surface area contributed by atoms with Crippen LogP contribution in [0.15, 0.2) is 84.9 Å². The van der Waals surface area contributed by atoms with E-state index >= 15 is 0 Å². The number of rotatable bonds is 0. The van der Waals surface area contributed by atoms with Crippen LogP contribution in [0.3, 0.4) is 0 Å². The highest BCUT2D eigenvalue weighted by atomic mass is 16.3. The number of hydrogen-bond acceptors (Lipinski definition) is 1. The molecule has 0 spiro atoms. The summed E-state index contributed by atoms with van der Waals surface area (Å²) in [5, 5.41) is 11.6. The zero-order chi connectivity index (χ0) is 19.3. The topological polar surface area (TPSA) is 20.2 Å². The summed E-state index contributed by atoms with van der Waals surface area (Å²) in [5.74, 6) is 13.2. The fourth-order valence-corrected chi connectivity index (χ4v) is 3.03. The molecule has 1 nitrogen and oxygen atoms in total. The number of phenols is 1. The third-order valence-corrected chi connectivity index (χ3v) is 4.50. The van der Waals surface area contributed by atoms with E-state index in [1.165, 1.54) is 5.56 Å². The molecule has 0 aliphatic carbocycles. The molecule has 0 heterocycles. The van der Waals surface area contributed by atoms with Gasteiger partial charge in [0.2, 0.25) is 0 Å². The summed E-state index contributed by atoms with van der Waals surface area (Å²) in [6.45, 7) is 2.09. The summed E-state index contributed by atoms with van der Waals surface area (Å²) in [4.78, 5) is 0. The molecule has 0 aromatic heterocycles. The van der Waals surface area contributed by atoms with Gasteiger partial charge >= 0.3 is 0 Å². The van der Waals surface area contributed by atoms with Crippen LogP contribution in [0.2, 0.25) is 0 Å². The van der Waals surface area contributed by atoms with E-state index in [-0.39, 0.29) is 5.75 Å². The zero-order valence-corrected chi connectivity index (χ0v) is 15.5. The van der Waals surface area contributed by atoms with Crippen LogP contribution in [0.1, 0.15) is 27.8 Å². The Balaban J connectivity index is 1.79. The zero-order valence-electron chi connectivity index (χ0n) is 15.5. The maximum Gasteiger partial charge on any atom is 0.115 e. The third-order valence-electron chi connectivity index (χ3n) is 4.50. The molecule has 0 amide bonds. The van der Waals surface area contributed by atoms with E-state index in [0.29, 0.717) is 0 Å². The Morgan fingerprint density at radius 3 is 1.86 bits per heavy atom. The van der Waals surface area contributed by atoms with E-state index in [0.717, 1.165) is 33.0 Å². The van der Waals surface area contributed by atoms with Crippen molar-refractivity contribution in [3.8, 4) is 29.4 Å². The summed E-state index contributed by atoms with van der Waals surface area (Å²) in [7, 11) is 0. The molecular formula is C27H18O. The minimum Gasteiger partial charge on any atom is -0.508 e. The quantitative estimate of drug-likeness (QED) is 0.403. The number of fused-ring (bicyclic) bond motifs is 1. The first-order chi connectivity index (χ1) is 13.7. The van der Waals surface area contributed by atoms with E-state index in [4.69, 9.17) is 0 Å². The van der Waals surface area contributed by atoms with Crippen molar-refractivity contribution >= 4 is 10.8 Å². The summed E-state index contributed by atoms with van der Waals surface area (Å²) < 4.78 is 0. The van der Waals surface area contributed by atoms with Crippen LogP contribution in [-0.4, -0.2) is 5.11 Å². The van der Waals surface area contributed by atoms with Crippen molar-refractivity contribution in [2.45, 2.75) is 6.92 Å². The van der Waals surface area contributed by atoms with Gasteiger partial charge in [0.25, 0.3) is 0 Å². The molecule has 0 fully saturated rings. The van der Waals surface area contributed by atoms with Gasteiger partial charge in [0, 0.05) is 22.3 Å². The average molecular weight is 358 g/mol. The molecule has 0 unspecified atom stereocenters. The van der Waals surface area contributed by atoms with Gasteiger partial charge in [0.1, 0.15) is 5.75 Å². The normalized spacial score (nSPS) is 9.89. The molecule has 1 N–H and O–H groups in total. The van der Waals surface area contributed by atoms with Crippen molar-refractivity contribution in [1.82, 2.24) is 0 Å². The van der Waals surface area contributed by atoms with Crippen LogP contribution >= 0.6 is 0 Å². The molecular weight excluding hydrogens is 340 g/mol. The molecule has 0 radical (unpaired) electrons. The standard InChI is InChI=1S/C27H18O/c1-20-7-18-26-23(12-9-22-10-16-25(28)17-11-22)14-15-24(27(26)19-20)13-8-21-5-3-2-4-6-21/h2-7,10-11,14-19,28H,1H3. The van der Waals surface area contributed by atoms with E-state index in [2.05, 4.69) is 48.8 Å². The van der Waals surface area contributed by atoms with Gasteiger partial charge in [-0.15, -0.1) is 0 Å². The van der Waals surface area contributed by atoms with Crippen LogP contribution in [0.5, 0.6) is 5.75 Å². The lowest BCUT2D eigenvalue weighted by Crippen LogP contribution is -1.87. The molecule has 4 rings (SSSR count). The summed E-state index contributed by atoms with van der Waals surface area (Å²) >= 11 is 0. The van der Waals surface area contributed by atoms with Gasteiger partial charge in [0.15, 0.2) is 0 Å². The first-order valence-corrected chi connectivity index (χ1v) is 9.10. The minimum absolute atomic E-state index is 0.243. The molecule has 28 heavy (non-hydrogen) atoms. The molecule has 4 aromatic carbocycles. The molecule has 0 aliphatic heterocycles. The molecule has 0 bridgehead atoms. The number of phenolic OH excluding ortho intramolecular Hbond substituents is 1. The van der Waals surface area contributed by atoms with Crippen molar-refractivity contribution < 1.29 is 5.11 Å². The Kier molecular flexibility index (Phi) is 4.83. The first-order valence-electron chi connectivity index (χ1n) is 9.10. The van der Waals surface area contributed by atoms with Gasteiger partial charge in [-0.1, -0.05) is 65.6 Å². The van der Waals surface area contributed by atoms with Gasteiger partial charge in [-0.2, -0.15) is 0 Å². The van der Waals surface area contributed by atoms with Crippen molar-refractivity contribution in [2.24, 2.45) is 0 Å². The smallest absolute Gasteiger partial charge is 0.115 e. The largest absolute Gasteiger partial charge is 0.508 e. The summed E-state index contributed by atoms with van der Waals surface area (Å²) in [5.41, 5.74) is 5.02. The molecule has 0 saturated heterocycles. The Morgan fingerprint density at radius 1 is 0.571 bits per heavy atom. The predicted molar refractivity (Wildman–Crippen MR) is 115 cm³/mol. The Morgan fingerprint density at radius 2 is 1.18 bits per heavy atom. The fraction of sp³-hybridized carbons (Fsp3) is 0.0370. The highest BCUT2D eigenvalue weighted by Crippen LogP contribution is 2.24. The highest BCUT2D eigenvalue weighted by molar-refractivity contribution is 5.93. The lowest BCUT2D eigenvalue weighted by atomic mass is 9.97. The Labute approximate surface area is 165 Å². The Bertz CT molecular complexity index is 1260. The van der Waals surface area contributed by atoms with Crippen molar-refractivity contribution in [3.05, 3.63) is 113 Å². The van der Waals surface area contributed by atoms with Gasteiger partial charge in [0.05, 0.1) is 0 Å².